The monoisotopic (exact) mass is 609 g/mol. The van der Waals surface area contributed by atoms with Gasteiger partial charge in [0.2, 0.25) is 5.91 Å². The molecule has 0 unspecified atom stereocenters. The lowest BCUT2D eigenvalue weighted by Gasteiger charge is -2.33. The van der Waals surface area contributed by atoms with Gasteiger partial charge in [0.15, 0.2) is 11.2 Å². The van der Waals surface area contributed by atoms with Gasteiger partial charge >= 0.3 is 0 Å². The van der Waals surface area contributed by atoms with E-state index in [1.807, 2.05) is 35.2 Å². The second-order valence-corrected chi connectivity index (χ2v) is 12.0. The standard InChI is InChI=1S/C36H36ClN3O4/c37-28-14-11-26(12-15-28)22-29(38-36(43)34-23-32(41)30-7-2-4-9-33(30)44-34)16-13-25-17-20-39(21-18-25)31-8-3-1-6-27(31)24-40-19-5-10-35(40)42/h1-4,6-9,11-15,23,29H,5,10,16-22,24H2,(H,38,43)/t29-/m0/s1. The van der Waals surface area contributed by atoms with Gasteiger partial charge in [0, 0.05) is 55.4 Å². The molecule has 1 N–H and O–H groups in total. The number of benzene rings is 3. The van der Waals surface area contributed by atoms with Gasteiger partial charge in [-0.3, -0.25) is 14.4 Å². The Kier molecular flexibility index (Phi) is 9.12. The van der Waals surface area contributed by atoms with Gasteiger partial charge in [-0.1, -0.05) is 65.7 Å². The Bertz CT molecular complexity index is 1740. The first kappa shape index (κ1) is 29.7. The molecular weight excluding hydrogens is 574 g/mol. The van der Waals surface area contributed by atoms with Crippen LogP contribution in [0.25, 0.3) is 11.0 Å². The van der Waals surface area contributed by atoms with E-state index in [0.717, 1.165) is 44.5 Å². The maximum atomic E-state index is 13.3. The summed E-state index contributed by atoms with van der Waals surface area (Å²) in [6.07, 6.45) is 6.96. The van der Waals surface area contributed by atoms with Crippen LogP contribution in [-0.4, -0.2) is 42.4 Å². The van der Waals surface area contributed by atoms with Crippen molar-refractivity contribution in [1.82, 2.24) is 10.2 Å². The normalized spacial score (nSPS) is 15.9. The molecule has 4 aromatic rings. The van der Waals surface area contributed by atoms with Gasteiger partial charge in [0.05, 0.1) is 5.39 Å². The Labute approximate surface area is 262 Å². The third-order valence-electron chi connectivity index (χ3n) is 8.55. The summed E-state index contributed by atoms with van der Waals surface area (Å²) in [6, 6.07) is 24.0. The molecule has 8 heteroatoms. The quantitative estimate of drug-likeness (QED) is 0.218. The van der Waals surface area contributed by atoms with Crippen LogP contribution in [-0.2, 0) is 17.8 Å². The predicted octanol–water partition coefficient (Wildman–Crippen LogP) is 6.53. The third-order valence-corrected chi connectivity index (χ3v) is 8.80. The number of hydrogen-bond donors (Lipinski definition) is 1. The SMILES string of the molecule is O=C(N[C@@H](CC=C1CCN(c2ccccc2CN2CCCC2=O)CC1)Cc1ccc(Cl)cc1)c1cc(=O)c2ccccc2o1. The van der Waals surface area contributed by atoms with Crippen LogP contribution in [0.2, 0.25) is 5.02 Å². The molecule has 2 fully saturated rings. The summed E-state index contributed by atoms with van der Waals surface area (Å²) < 4.78 is 5.80. The summed E-state index contributed by atoms with van der Waals surface area (Å²) in [5.41, 5.74) is 4.97. The van der Waals surface area contributed by atoms with E-state index in [4.69, 9.17) is 16.0 Å². The molecule has 0 aliphatic carbocycles. The van der Waals surface area contributed by atoms with Gasteiger partial charge in [-0.25, -0.2) is 0 Å². The first-order chi connectivity index (χ1) is 21.4. The second kappa shape index (κ2) is 13.5. The van der Waals surface area contributed by atoms with Gasteiger partial charge in [-0.15, -0.1) is 0 Å². The van der Waals surface area contributed by atoms with Gasteiger partial charge in [0.1, 0.15) is 5.58 Å². The van der Waals surface area contributed by atoms with Crippen LogP contribution in [0, 0.1) is 0 Å². The number of anilines is 1. The molecule has 0 radical (unpaired) electrons. The molecule has 0 spiro atoms. The minimum Gasteiger partial charge on any atom is -0.451 e. The van der Waals surface area contributed by atoms with Crippen molar-refractivity contribution in [2.24, 2.45) is 0 Å². The lowest BCUT2D eigenvalue weighted by atomic mass is 9.97. The number of amides is 2. The first-order valence-electron chi connectivity index (χ1n) is 15.3. The van der Waals surface area contributed by atoms with Crippen molar-refractivity contribution in [3.05, 3.63) is 123 Å². The molecule has 44 heavy (non-hydrogen) atoms. The number of halogens is 1. The highest BCUT2D eigenvalue weighted by Crippen LogP contribution is 2.28. The molecule has 7 nitrogen and oxygen atoms in total. The van der Waals surface area contributed by atoms with Gasteiger partial charge in [-0.05, 0) is 73.6 Å². The zero-order valence-electron chi connectivity index (χ0n) is 24.6. The van der Waals surface area contributed by atoms with Crippen LogP contribution in [0.3, 0.4) is 0 Å². The molecule has 0 bridgehead atoms. The average Bonchev–Trinajstić information content (AvgIpc) is 3.45. The maximum Gasteiger partial charge on any atom is 0.287 e. The molecule has 2 aliphatic heterocycles. The van der Waals surface area contributed by atoms with Crippen LogP contribution in [0.5, 0.6) is 0 Å². The van der Waals surface area contributed by atoms with Gasteiger partial charge in [0.25, 0.3) is 5.91 Å². The molecule has 0 saturated carbocycles. The Morgan fingerprint density at radius 1 is 0.932 bits per heavy atom. The Hall–Kier alpha value is -4.36. The Morgan fingerprint density at radius 2 is 1.68 bits per heavy atom. The molecule has 1 aromatic heterocycles. The van der Waals surface area contributed by atoms with E-state index < -0.39 is 5.91 Å². The van der Waals surface area contributed by atoms with E-state index in [9.17, 15) is 14.4 Å². The summed E-state index contributed by atoms with van der Waals surface area (Å²) >= 11 is 6.11. The Balaban J connectivity index is 1.13. The summed E-state index contributed by atoms with van der Waals surface area (Å²) in [7, 11) is 0. The molecule has 3 aromatic carbocycles. The molecular formula is C36H36ClN3O4. The highest BCUT2D eigenvalue weighted by Gasteiger charge is 2.24. The topological polar surface area (TPSA) is 82.9 Å². The van der Waals surface area contributed by atoms with Crippen LogP contribution in [0.15, 0.2) is 99.7 Å². The number of hydrogen-bond acceptors (Lipinski definition) is 5. The van der Waals surface area contributed by atoms with Crippen molar-refractivity contribution >= 4 is 40.1 Å². The molecule has 2 amide bonds. The van der Waals surface area contributed by atoms with Gasteiger partial charge < -0.3 is 19.5 Å². The van der Waals surface area contributed by atoms with E-state index >= 15 is 0 Å². The van der Waals surface area contributed by atoms with E-state index in [1.165, 1.54) is 22.9 Å². The van der Waals surface area contributed by atoms with Crippen molar-refractivity contribution in [2.45, 2.75) is 51.1 Å². The summed E-state index contributed by atoms with van der Waals surface area (Å²) in [5, 5.41) is 4.23. The number of rotatable bonds is 9. The number of nitrogens with zero attached hydrogens (tertiary/aromatic N) is 2. The number of carbonyl (C=O) groups excluding carboxylic acids is 2. The molecule has 1 atom stereocenters. The lowest BCUT2D eigenvalue weighted by molar-refractivity contribution is -0.128. The van der Waals surface area contributed by atoms with Crippen LogP contribution in [0.1, 0.15) is 53.8 Å². The smallest absolute Gasteiger partial charge is 0.287 e. The maximum absolute atomic E-state index is 13.3. The average molecular weight is 610 g/mol. The highest BCUT2D eigenvalue weighted by molar-refractivity contribution is 6.30. The lowest BCUT2D eigenvalue weighted by Crippen LogP contribution is -2.37. The highest BCUT2D eigenvalue weighted by atomic mass is 35.5. The van der Waals surface area contributed by atoms with Crippen molar-refractivity contribution in [2.75, 3.05) is 24.5 Å². The molecule has 6 rings (SSSR count). The van der Waals surface area contributed by atoms with Crippen molar-refractivity contribution < 1.29 is 14.0 Å². The number of nitrogens with one attached hydrogen (secondary N) is 1. The summed E-state index contributed by atoms with van der Waals surface area (Å²) in [6.45, 7) is 3.29. The number of carbonyl (C=O) groups is 2. The molecule has 226 valence electrons. The van der Waals surface area contributed by atoms with Crippen molar-refractivity contribution in [1.29, 1.82) is 0 Å². The van der Waals surface area contributed by atoms with Crippen LogP contribution >= 0.6 is 11.6 Å². The second-order valence-electron chi connectivity index (χ2n) is 11.6. The largest absolute Gasteiger partial charge is 0.451 e. The third kappa shape index (κ3) is 7.05. The molecule has 2 saturated heterocycles. The first-order valence-corrected chi connectivity index (χ1v) is 15.7. The summed E-state index contributed by atoms with van der Waals surface area (Å²) in [5.74, 6) is -0.162. The minimum atomic E-state index is -0.409. The number of para-hydroxylation sites is 2. The molecule has 3 heterocycles. The Morgan fingerprint density at radius 3 is 2.45 bits per heavy atom. The van der Waals surface area contributed by atoms with E-state index in [1.54, 1.807) is 24.3 Å². The van der Waals surface area contributed by atoms with Crippen molar-refractivity contribution in [3.8, 4) is 0 Å². The minimum absolute atomic E-state index is 0.00469. The van der Waals surface area contributed by atoms with Gasteiger partial charge in [-0.2, -0.15) is 0 Å². The number of fused-ring (bicyclic) bond motifs is 1. The van der Waals surface area contributed by atoms with E-state index in [2.05, 4.69) is 34.5 Å². The summed E-state index contributed by atoms with van der Waals surface area (Å²) in [4.78, 5) is 42.5. The number of piperidine rings is 1. The molecule has 2 aliphatic rings. The van der Waals surface area contributed by atoms with Crippen LogP contribution < -0.4 is 15.6 Å². The van der Waals surface area contributed by atoms with E-state index in [0.29, 0.717) is 41.8 Å². The number of likely N-dealkylation sites (tertiary alicyclic amines) is 1. The van der Waals surface area contributed by atoms with E-state index in [-0.39, 0.29) is 23.1 Å². The fraction of sp³-hybridized carbons (Fsp3) is 0.306. The zero-order valence-corrected chi connectivity index (χ0v) is 25.4. The fourth-order valence-corrected chi connectivity index (χ4v) is 6.27. The zero-order chi connectivity index (χ0) is 30.5. The fourth-order valence-electron chi connectivity index (χ4n) is 6.15. The predicted molar refractivity (Wildman–Crippen MR) is 174 cm³/mol. The van der Waals surface area contributed by atoms with Crippen molar-refractivity contribution in [3.63, 3.8) is 0 Å². The van der Waals surface area contributed by atoms with Crippen LogP contribution in [0.4, 0.5) is 5.69 Å².